The van der Waals surface area contributed by atoms with Crippen molar-refractivity contribution < 1.29 is 33.6 Å². The molecule has 2 saturated heterocycles. The van der Waals surface area contributed by atoms with Crippen molar-refractivity contribution in [2.75, 3.05) is 44.7 Å². The molecule has 5 rings (SSSR count). The maximum Gasteiger partial charge on any atom is 0.301 e. The minimum Gasteiger partial charge on any atom is -0.483 e. The van der Waals surface area contributed by atoms with Gasteiger partial charge in [-0.3, -0.25) is 9.69 Å². The van der Waals surface area contributed by atoms with Crippen molar-refractivity contribution in [3.8, 4) is 23.1 Å². The number of aromatic nitrogens is 2. The van der Waals surface area contributed by atoms with Gasteiger partial charge in [0.25, 0.3) is 5.91 Å². The number of rotatable bonds is 10. The van der Waals surface area contributed by atoms with Crippen molar-refractivity contribution in [3.63, 3.8) is 0 Å². The number of hydrogen-bond donors (Lipinski definition) is 4. The number of aliphatic hydroxyl groups excluding tert-OH is 3. The van der Waals surface area contributed by atoms with Gasteiger partial charge in [-0.2, -0.15) is 5.26 Å². The summed E-state index contributed by atoms with van der Waals surface area (Å²) in [7, 11) is 0. The minimum absolute atomic E-state index is 0.00147. The molecule has 0 bridgehead atoms. The first kappa shape index (κ1) is 33.2. The molecule has 0 spiro atoms. The molecule has 2 aliphatic rings. The average molecular weight is 637 g/mol. The van der Waals surface area contributed by atoms with Crippen LogP contribution < -0.4 is 10.1 Å². The Kier molecular flexibility index (Phi) is 10.4. The number of aliphatic hydroxyl groups is 3. The zero-order chi connectivity index (χ0) is 32.8. The van der Waals surface area contributed by atoms with E-state index in [4.69, 9.17) is 4.74 Å². The maximum absolute atomic E-state index is 14.9. The van der Waals surface area contributed by atoms with Gasteiger partial charge in [-0.05, 0) is 80.7 Å². The van der Waals surface area contributed by atoms with Crippen molar-refractivity contribution in [3.05, 3.63) is 65.9 Å². The second-order valence-corrected chi connectivity index (χ2v) is 11.8. The number of ether oxygens (including phenoxy) is 1. The number of nitrogens with zero attached hydrogens (tertiary/aromatic N) is 5. The van der Waals surface area contributed by atoms with E-state index in [0.29, 0.717) is 23.1 Å². The summed E-state index contributed by atoms with van der Waals surface area (Å²) in [6.45, 7) is 1.81. The summed E-state index contributed by atoms with van der Waals surface area (Å²) in [6, 6.07) is 16.1. The largest absolute Gasteiger partial charge is 0.483 e. The predicted molar refractivity (Wildman–Crippen MR) is 166 cm³/mol. The average Bonchev–Trinajstić information content (AvgIpc) is 3.06. The van der Waals surface area contributed by atoms with Crippen molar-refractivity contribution >= 4 is 17.5 Å². The fourth-order valence-corrected chi connectivity index (χ4v) is 6.02. The Hall–Kier alpha value is -4.22. The van der Waals surface area contributed by atoms with Gasteiger partial charge in [0, 0.05) is 30.4 Å². The first-order chi connectivity index (χ1) is 22.1. The number of benzene rings is 2. The molecule has 2 aliphatic heterocycles. The van der Waals surface area contributed by atoms with E-state index >= 15 is 0 Å². The van der Waals surface area contributed by atoms with Crippen LogP contribution in [0.25, 0.3) is 11.3 Å². The van der Waals surface area contributed by atoms with Gasteiger partial charge in [-0.1, -0.05) is 12.1 Å². The van der Waals surface area contributed by atoms with Crippen molar-refractivity contribution in [1.82, 2.24) is 19.8 Å². The van der Waals surface area contributed by atoms with Crippen molar-refractivity contribution in [2.24, 2.45) is 0 Å². The normalized spacial score (nSPS) is 19.4. The molecule has 0 aliphatic carbocycles. The lowest BCUT2D eigenvalue weighted by molar-refractivity contribution is -0.165. The number of carbonyl (C=O) groups excluding carboxylic acids is 1. The number of nitriles is 1. The van der Waals surface area contributed by atoms with Crippen molar-refractivity contribution in [2.45, 2.75) is 56.3 Å². The highest BCUT2D eigenvalue weighted by Gasteiger charge is 2.48. The van der Waals surface area contributed by atoms with E-state index in [1.54, 1.807) is 18.3 Å². The Labute approximate surface area is 266 Å². The predicted octanol–water partition coefficient (Wildman–Crippen LogP) is 3.29. The molecule has 13 heteroatoms. The smallest absolute Gasteiger partial charge is 0.301 e. The van der Waals surface area contributed by atoms with Crippen LogP contribution in [0, 0.1) is 11.3 Å². The lowest BCUT2D eigenvalue weighted by Gasteiger charge is -2.38. The van der Waals surface area contributed by atoms with Crippen LogP contribution in [0.1, 0.15) is 43.2 Å². The van der Waals surface area contributed by atoms with Gasteiger partial charge in [0.15, 0.2) is 6.10 Å². The minimum atomic E-state index is -3.38. The SMILES string of the molecule is C[C@H](O)C(=O)N1CCC(Oc2ccc(-c3ccnc(Nc4cccc(C5CCN(C(CO)CO)CC5)c4)n3)cc2C#N)C(F)(F)C1. The number of amides is 1. The molecule has 2 aromatic carbocycles. The van der Waals surface area contributed by atoms with Crippen molar-refractivity contribution in [1.29, 1.82) is 5.26 Å². The zero-order valence-electron chi connectivity index (χ0n) is 25.5. The van der Waals surface area contributed by atoms with Crippen LogP contribution in [-0.2, 0) is 4.79 Å². The van der Waals surface area contributed by atoms with Gasteiger partial charge >= 0.3 is 5.92 Å². The molecule has 2 atom stereocenters. The van der Waals surface area contributed by atoms with Crippen LogP contribution in [0.5, 0.6) is 5.75 Å². The summed E-state index contributed by atoms with van der Waals surface area (Å²) >= 11 is 0. The van der Waals surface area contributed by atoms with E-state index in [9.17, 15) is 34.2 Å². The number of halogens is 2. The third-order valence-electron chi connectivity index (χ3n) is 8.61. The van der Waals surface area contributed by atoms with E-state index < -0.39 is 30.6 Å². The lowest BCUT2D eigenvalue weighted by atomic mass is 9.88. The number of alkyl halides is 2. The van der Waals surface area contributed by atoms with E-state index in [1.807, 2.05) is 18.2 Å². The Balaban J connectivity index is 1.25. The van der Waals surface area contributed by atoms with Crippen LogP contribution in [0.3, 0.4) is 0 Å². The van der Waals surface area contributed by atoms with Gasteiger partial charge < -0.3 is 30.3 Å². The van der Waals surface area contributed by atoms with Gasteiger partial charge in [-0.15, -0.1) is 0 Å². The van der Waals surface area contributed by atoms with Crippen LogP contribution in [0.2, 0.25) is 0 Å². The summed E-state index contributed by atoms with van der Waals surface area (Å²) in [5.41, 5.74) is 3.13. The molecule has 4 N–H and O–H groups in total. The Morgan fingerprint density at radius 3 is 2.57 bits per heavy atom. The molecule has 1 amide bonds. The van der Waals surface area contributed by atoms with E-state index in [2.05, 4.69) is 32.3 Å². The molecule has 46 heavy (non-hydrogen) atoms. The van der Waals surface area contributed by atoms with E-state index in [-0.39, 0.29) is 43.5 Å². The molecule has 1 unspecified atom stereocenters. The molecular weight excluding hydrogens is 598 g/mol. The van der Waals surface area contributed by atoms with E-state index in [1.165, 1.54) is 24.6 Å². The second kappa shape index (κ2) is 14.5. The molecule has 2 fully saturated rings. The molecule has 11 nitrogen and oxygen atoms in total. The first-order valence-electron chi connectivity index (χ1n) is 15.3. The highest BCUT2D eigenvalue weighted by molar-refractivity contribution is 5.80. The first-order valence-corrected chi connectivity index (χ1v) is 15.3. The zero-order valence-corrected chi connectivity index (χ0v) is 25.5. The highest BCUT2D eigenvalue weighted by Crippen LogP contribution is 2.35. The Bertz CT molecular complexity index is 1560. The standard InChI is InChI=1S/C33H38F2N6O5/c1-21(44)31(45)41-14-10-30(33(34,35)20-41)46-29-6-5-24(15-25(29)17-36)28-7-11-37-32(39-28)38-26-4-2-3-23(16-26)22-8-12-40(13-9-22)27(18-42)19-43/h2-7,11,15-16,21-22,27,30,42-44H,8-10,12-14,18-20H2,1H3,(H,37,38,39)/t21-,30?/m0/s1. The number of nitrogens with one attached hydrogen (secondary N) is 1. The van der Waals surface area contributed by atoms with Gasteiger partial charge in [0.2, 0.25) is 5.95 Å². The Morgan fingerprint density at radius 1 is 1.13 bits per heavy atom. The molecule has 3 heterocycles. The number of hydrogen-bond acceptors (Lipinski definition) is 10. The van der Waals surface area contributed by atoms with Crippen LogP contribution in [-0.4, -0.2) is 105 Å². The number of carbonyl (C=O) groups is 1. The third-order valence-corrected chi connectivity index (χ3v) is 8.61. The van der Waals surface area contributed by atoms with Gasteiger partial charge in [0.05, 0.1) is 37.1 Å². The number of likely N-dealkylation sites (tertiary alicyclic amines) is 2. The monoisotopic (exact) mass is 636 g/mol. The number of anilines is 2. The Morgan fingerprint density at radius 2 is 1.89 bits per heavy atom. The molecule has 1 aromatic heterocycles. The molecule has 3 aromatic rings. The van der Waals surface area contributed by atoms with Crippen LogP contribution in [0.15, 0.2) is 54.7 Å². The summed E-state index contributed by atoms with van der Waals surface area (Å²) in [6.07, 6.45) is 0.330. The van der Waals surface area contributed by atoms with Crippen LogP contribution in [0.4, 0.5) is 20.4 Å². The summed E-state index contributed by atoms with van der Waals surface area (Å²) in [5.74, 6) is -3.45. The quantitative estimate of drug-likeness (QED) is 0.261. The lowest BCUT2D eigenvalue weighted by Crippen LogP contribution is -2.56. The number of piperidine rings is 2. The fraction of sp³-hybridized carbons (Fsp3) is 0.455. The van der Waals surface area contributed by atoms with E-state index in [0.717, 1.165) is 36.5 Å². The molecule has 244 valence electrons. The fourth-order valence-electron chi connectivity index (χ4n) is 6.02. The molecule has 0 radical (unpaired) electrons. The topological polar surface area (TPSA) is 155 Å². The van der Waals surface area contributed by atoms with Gasteiger partial charge in [-0.25, -0.2) is 18.7 Å². The summed E-state index contributed by atoms with van der Waals surface area (Å²) in [5, 5.41) is 41.5. The van der Waals surface area contributed by atoms with Crippen LogP contribution >= 0.6 is 0 Å². The third kappa shape index (κ3) is 7.59. The maximum atomic E-state index is 14.9. The molecular formula is C33H38F2N6O5. The molecule has 0 saturated carbocycles. The summed E-state index contributed by atoms with van der Waals surface area (Å²) in [4.78, 5) is 24.0. The second-order valence-electron chi connectivity index (χ2n) is 11.8. The van der Waals surface area contributed by atoms with Gasteiger partial charge in [0.1, 0.15) is 17.9 Å². The summed E-state index contributed by atoms with van der Waals surface area (Å²) < 4.78 is 35.4. The highest BCUT2D eigenvalue weighted by atomic mass is 19.3.